The molecule has 1 aliphatic rings. The van der Waals surface area contributed by atoms with Crippen LogP contribution in [0, 0.1) is 0 Å². The highest BCUT2D eigenvalue weighted by Crippen LogP contribution is 2.18. The van der Waals surface area contributed by atoms with Gasteiger partial charge in [0, 0.05) is 45.4 Å². The lowest BCUT2D eigenvalue weighted by molar-refractivity contribution is -0.134. The van der Waals surface area contributed by atoms with Crippen molar-refractivity contribution in [3.8, 4) is 0 Å². The van der Waals surface area contributed by atoms with Gasteiger partial charge >= 0.3 is 0 Å². The molecule has 1 fully saturated rings. The molecule has 1 atom stereocenters. The third-order valence-corrected chi connectivity index (χ3v) is 4.41. The van der Waals surface area contributed by atoms with Crippen molar-refractivity contribution >= 4 is 11.8 Å². The van der Waals surface area contributed by atoms with E-state index in [-0.39, 0.29) is 17.9 Å². The van der Waals surface area contributed by atoms with Crippen molar-refractivity contribution in [1.29, 1.82) is 0 Å². The van der Waals surface area contributed by atoms with Crippen molar-refractivity contribution in [2.75, 3.05) is 20.1 Å². The Kier molecular flexibility index (Phi) is 5.92. The van der Waals surface area contributed by atoms with Gasteiger partial charge in [-0.2, -0.15) is 0 Å². The average molecular weight is 303 g/mol. The molecule has 0 aromatic carbocycles. The van der Waals surface area contributed by atoms with Gasteiger partial charge in [-0.3, -0.25) is 14.6 Å². The summed E-state index contributed by atoms with van der Waals surface area (Å²) in [6.45, 7) is 3.31. The van der Waals surface area contributed by atoms with Crippen LogP contribution in [0.5, 0.6) is 0 Å². The van der Waals surface area contributed by atoms with Crippen molar-refractivity contribution in [2.45, 2.75) is 45.1 Å². The van der Waals surface area contributed by atoms with Crippen molar-refractivity contribution in [3.05, 3.63) is 30.1 Å². The van der Waals surface area contributed by atoms with Gasteiger partial charge in [0.1, 0.15) is 0 Å². The van der Waals surface area contributed by atoms with Crippen LogP contribution in [0.15, 0.2) is 24.5 Å². The molecule has 1 saturated heterocycles. The zero-order chi connectivity index (χ0) is 15.9. The number of likely N-dealkylation sites (tertiary alicyclic amines) is 1. The maximum absolute atomic E-state index is 12.4. The molecule has 2 amide bonds. The molecule has 120 valence electrons. The fourth-order valence-electron chi connectivity index (χ4n) is 2.74. The molecule has 0 N–H and O–H groups in total. The van der Waals surface area contributed by atoms with Gasteiger partial charge in [0.15, 0.2) is 0 Å². The fraction of sp³-hybridized carbons (Fsp3) is 0.588. The minimum absolute atomic E-state index is 0.0129. The van der Waals surface area contributed by atoms with Crippen molar-refractivity contribution < 1.29 is 9.59 Å². The molecule has 22 heavy (non-hydrogen) atoms. The second-order valence-electron chi connectivity index (χ2n) is 5.91. The predicted octanol–water partition coefficient (Wildman–Crippen LogP) is 2.39. The Morgan fingerprint density at radius 2 is 2.23 bits per heavy atom. The fourth-order valence-corrected chi connectivity index (χ4v) is 2.74. The predicted molar refractivity (Wildman–Crippen MR) is 85.1 cm³/mol. The van der Waals surface area contributed by atoms with Crippen molar-refractivity contribution in [3.63, 3.8) is 0 Å². The molecule has 5 heteroatoms. The Labute approximate surface area is 132 Å². The smallest absolute Gasteiger partial charge is 0.224 e. The minimum atomic E-state index is -0.0129. The minimum Gasteiger partial charge on any atom is -0.342 e. The lowest BCUT2D eigenvalue weighted by atomic mass is 10.1. The largest absolute Gasteiger partial charge is 0.342 e. The van der Waals surface area contributed by atoms with Crippen LogP contribution < -0.4 is 0 Å². The molecule has 5 nitrogen and oxygen atoms in total. The van der Waals surface area contributed by atoms with E-state index in [0.29, 0.717) is 19.4 Å². The first-order chi connectivity index (χ1) is 10.6. The van der Waals surface area contributed by atoms with Gasteiger partial charge in [0.25, 0.3) is 0 Å². The standard InChI is InChI=1S/C17H25N3O2/c1-14(15-7-6-10-18-13-15)19(2)16(21)9-12-20-11-5-3-4-8-17(20)22/h6-7,10,13-14H,3-5,8-9,11-12H2,1-2H3/t14-/m1/s1. The van der Waals surface area contributed by atoms with Gasteiger partial charge < -0.3 is 9.80 Å². The zero-order valence-corrected chi connectivity index (χ0v) is 13.5. The second kappa shape index (κ2) is 7.92. The van der Waals surface area contributed by atoms with Gasteiger partial charge in [-0.15, -0.1) is 0 Å². The van der Waals surface area contributed by atoms with Crippen LogP contribution in [-0.2, 0) is 9.59 Å². The van der Waals surface area contributed by atoms with E-state index in [4.69, 9.17) is 0 Å². The summed E-state index contributed by atoms with van der Waals surface area (Å²) in [6, 6.07) is 3.83. The third-order valence-electron chi connectivity index (χ3n) is 4.41. The number of nitrogens with zero attached hydrogens (tertiary/aromatic N) is 3. The highest BCUT2D eigenvalue weighted by Gasteiger charge is 2.21. The summed E-state index contributed by atoms with van der Waals surface area (Å²) < 4.78 is 0. The first-order valence-corrected chi connectivity index (χ1v) is 8.03. The van der Waals surface area contributed by atoms with Crippen molar-refractivity contribution in [1.82, 2.24) is 14.8 Å². The number of rotatable bonds is 5. The third kappa shape index (κ3) is 4.29. The molecule has 2 heterocycles. The molecule has 0 saturated carbocycles. The first-order valence-electron chi connectivity index (χ1n) is 8.03. The number of carbonyl (C=O) groups excluding carboxylic acids is 2. The highest BCUT2D eigenvalue weighted by molar-refractivity contribution is 5.79. The lowest BCUT2D eigenvalue weighted by Crippen LogP contribution is -2.36. The topological polar surface area (TPSA) is 53.5 Å². The molecule has 0 aliphatic carbocycles. The zero-order valence-electron chi connectivity index (χ0n) is 13.5. The summed E-state index contributed by atoms with van der Waals surface area (Å²) in [7, 11) is 1.81. The van der Waals surface area contributed by atoms with Crippen LogP contribution in [-0.4, -0.2) is 46.7 Å². The average Bonchev–Trinajstić information content (AvgIpc) is 2.76. The van der Waals surface area contributed by atoms with Crippen LogP contribution in [0.2, 0.25) is 0 Å². The maximum Gasteiger partial charge on any atom is 0.224 e. The van der Waals surface area contributed by atoms with E-state index in [2.05, 4.69) is 4.98 Å². The highest BCUT2D eigenvalue weighted by atomic mass is 16.2. The molecule has 1 aliphatic heterocycles. The monoisotopic (exact) mass is 303 g/mol. The van der Waals surface area contributed by atoms with Crippen molar-refractivity contribution in [2.24, 2.45) is 0 Å². The van der Waals surface area contributed by atoms with E-state index in [0.717, 1.165) is 31.4 Å². The van der Waals surface area contributed by atoms with Gasteiger partial charge in [-0.1, -0.05) is 12.5 Å². The van der Waals surface area contributed by atoms with E-state index in [1.807, 2.05) is 31.0 Å². The summed E-state index contributed by atoms with van der Waals surface area (Å²) in [6.07, 6.45) is 7.63. The van der Waals surface area contributed by atoms with E-state index in [1.165, 1.54) is 0 Å². The molecular weight excluding hydrogens is 278 g/mol. The van der Waals surface area contributed by atoms with Crippen LogP contribution >= 0.6 is 0 Å². The van der Waals surface area contributed by atoms with Gasteiger partial charge in [-0.25, -0.2) is 0 Å². The SMILES string of the molecule is C[C@H](c1cccnc1)N(C)C(=O)CCN1CCCCCC1=O. The molecule has 0 unspecified atom stereocenters. The Bertz CT molecular complexity index is 504. The van der Waals surface area contributed by atoms with E-state index < -0.39 is 0 Å². The Morgan fingerprint density at radius 1 is 1.41 bits per heavy atom. The van der Waals surface area contributed by atoms with Crippen LogP contribution in [0.25, 0.3) is 0 Å². The number of hydrogen-bond donors (Lipinski definition) is 0. The first kappa shape index (κ1) is 16.5. The summed E-state index contributed by atoms with van der Waals surface area (Å²) in [5.41, 5.74) is 1.02. The summed E-state index contributed by atoms with van der Waals surface area (Å²) >= 11 is 0. The molecular formula is C17H25N3O2. The molecule has 0 bridgehead atoms. The number of aromatic nitrogens is 1. The maximum atomic E-state index is 12.4. The number of hydrogen-bond acceptors (Lipinski definition) is 3. The molecule has 0 radical (unpaired) electrons. The van der Waals surface area contributed by atoms with E-state index in [1.54, 1.807) is 17.3 Å². The quantitative estimate of drug-likeness (QED) is 0.839. The summed E-state index contributed by atoms with van der Waals surface area (Å²) in [4.78, 5) is 32.0. The molecule has 2 rings (SSSR count). The van der Waals surface area contributed by atoms with E-state index in [9.17, 15) is 9.59 Å². The number of amides is 2. The Morgan fingerprint density at radius 3 is 2.95 bits per heavy atom. The van der Waals surface area contributed by atoms with Gasteiger partial charge in [0.05, 0.1) is 6.04 Å². The molecule has 1 aromatic rings. The number of carbonyl (C=O) groups is 2. The van der Waals surface area contributed by atoms with Crippen LogP contribution in [0.1, 0.15) is 50.6 Å². The van der Waals surface area contributed by atoms with E-state index >= 15 is 0 Å². The van der Waals surface area contributed by atoms with Gasteiger partial charge in [-0.05, 0) is 31.4 Å². The Hall–Kier alpha value is -1.91. The number of pyridine rings is 1. The summed E-state index contributed by atoms with van der Waals surface area (Å²) in [5.74, 6) is 0.252. The van der Waals surface area contributed by atoms with Gasteiger partial charge in [0.2, 0.25) is 11.8 Å². The Balaban J connectivity index is 1.87. The second-order valence-corrected chi connectivity index (χ2v) is 5.91. The normalized spacial score (nSPS) is 17.0. The molecule has 1 aromatic heterocycles. The summed E-state index contributed by atoms with van der Waals surface area (Å²) in [5, 5.41) is 0. The van der Waals surface area contributed by atoms with Crippen LogP contribution in [0.3, 0.4) is 0 Å². The molecule has 0 spiro atoms. The lowest BCUT2D eigenvalue weighted by Gasteiger charge is -2.27. The van der Waals surface area contributed by atoms with Crippen LogP contribution in [0.4, 0.5) is 0 Å².